The molecule has 1 heterocycles. The molecular formula is C30H30F2N2O4. The van der Waals surface area contributed by atoms with Crippen LogP contribution in [0.1, 0.15) is 68.5 Å². The first kappa shape index (κ1) is 25.9. The lowest BCUT2D eigenvalue weighted by Crippen LogP contribution is -2.62. The molecule has 5 rings (SSSR count). The maximum Gasteiger partial charge on any atom is 0.287 e. The Hall–Kier alpha value is -3.70. The minimum absolute atomic E-state index is 0.0166. The predicted molar refractivity (Wildman–Crippen MR) is 139 cm³/mol. The van der Waals surface area contributed by atoms with Crippen LogP contribution in [-0.4, -0.2) is 33.9 Å². The Labute approximate surface area is 219 Å². The Balaban J connectivity index is 1.38. The fourth-order valence-corrected chi connectivity index (χ4v) is 4.89. The van der Waals surface area contributed by atoms with Crippen molar-refractivity contribution in [2.24, 2.45) is 0 Å². The van der Waals surface area contributed by atoms with Crippen LogP contribution in [0.3, 0.4) is 0 Å². The molecule has 2 fully saturated rings. The van der Waals surface area contributed by atoms with Gasteiger partial charge in [-0.2, -0.15) is 0 Å². The predicted octanol–water partition coefficient (Wildman–Crippen LogP) is 5.29. The van der Waals surface area contributed by atoms with E-state index in [1.165, 1.54) is 0 Å². The van der Waals surface area contributed by atoms with Crippen LogP contribution in [0.15, 0.2) is 52.9 Å². The van der Waals surface area contributed by atoms with Gasteiger partial charge in [-0.3, -0.25) is 9.59 Å². The lowest BCUT2D eigenvalue weighted by molar-refractivity contribution is -0.133. The molecule has 2 amide bonds. The minimum atomic E-state index is -2.89. The Kier molecular flexibility index (Phi) is 6.11. The number of alkyl halides is 2. The van der Waals surface area contributed by atoms with E-state index in [-0.39, 0.29) is 18.6 Å². The SMILES string of the molecule is C#CC1(NC(=O)C2(NC(=O)c3cc4ccc(-c5ccc(C(C)(C)O)cc5)cc4o3)CCC(F)(F)CC2)CC1. The first-order chi connectivity index (χ1) is 17.8. The van der Waals surface area contributed by atoms with E-state index < -0.39 is 47.3 Å². The van der Waals surface area contributed by atoms with Gasteiger partial charge in [-0.15, -0.1) is 6.42 Å². The maximum atomic E-state index is 14.0. The molecule has 2 aliphatic rings. The second-order valence-electron chi connectivity index (χ2n) is 11.1. The molecule has 6 nitrogen and oxygen atoms in total. The van der Waals surface area contributed by atoms with Gasteiger partial charge in [0.2, 0.25) is 11.8 Å². The molecule has 2 saturated carbocycles. The average Bonchev–Trinajstić information content (AvgIpc) is 3.51. The number of furan rings is 1. The number of halogens is 2. The van der Waals surface area contributed by atoms with Crippen molar-refractivity contribution in [3.8, 4) is 23.5 Å². The quantitative estimate of drug-likeness (QED) is 0.386. The van der Waals surface area contributed by atoms with Crippen molar-refractivity contribution in [1.82, 2.24) is 10.6 Å². The molecule has 0 atom stereocenters. The largest absolute Gasteiger partial charge is 0.451 e. The van der Waals surface area contributed by atoms with Crippen LogP contribution in [0.4, 0.5) is 8.78 Å². The zero-order valence-corrected chi connectivity index (χ0v) is 21.4. The topological polar surface area (TPSA) is 91.6 Å². The van der Waals surface area contributed by atoms with Crippen molar-refractivity contribution < 1.29 is 27.9 Å². The number of rotatable bonds is 6. The fraction of sp³-hybridized carbons (Fsp3) is 0.400. The number of hydrogen-bond donors (Lipinski definition) is 3. The molecule has 2 aliphatic carbocycles. The normalized spacial score (nSPS) is 19.4. The average molecular weight is 521 g/mol. The number of hydrogen-bond acceptors (Lipinski definition) is 4. The van der Waals surface area contributed by atoms with Crippen LogP contribution in [0.2, 0.25) is 0 Å². The van der Waals surface area contributed by atoms with Gasteiger partial charge in [-0.25, -0.2) is 8.78 Å². The zero-order valence-electron chi connectivity index (χ0n) is 21.4. The van der Waals surface area contributed by atoms with Crippen molar-refractivity contribution in [3.05, 3.63) is 59.9 Å². The van der Waals surface area contributed by atoms with E-state index in [4.69, 9.17) is 10.8 Å². The van der Waals surface area contributed by atoms with Crippen molar-refractivity contribution in [2.45, 2.75) is 75.0 Å². The van der Waals surface area contributed by atoms with Gasteiger partial charge in [-0.1, -0.05) is 42.3 Å². The van der Waals surface area contributed by atoms with Gasteiger partial charge in [-0.05, 0) is 68.4 Å². The molecule has 8 heteroatoms. The van der Waals surface area contributed by atoms with Crippen molar-refractivity contribution in [3.63, 3.8) is 0 Å². The number of carbonyl (C=O) groups excluding carboxylic acids is 2. The molecular weight excluding hydrogens is 490 g/mol. The molecule has 198 valence electrons. The molecule has 0 aliphatic heterocycles. The van der Waals surface area contributed by atoms with Gasteiger partial charge in [0.25, 0.3) is 5.91 Å². The first-order valence-corrected chi connectivity index (χ1v) is 12.7. The second-order valence-corrected chi connectivity index (χ2v) is 11.1. The van der Waals surface area contributed by atoms with Gasteiger partial charge in [0.1, 0.15) is 16.7 Å². The smallest absolute Gasteiger partial charge is 0.287 e. The van der Waals surface area contributed by atoms with Crippen molar-refractivity contribution >= 4 is 22.8 Å². The van der Waals surface area contributed by atoms with E-state index >= 15 is 0 Å². The summed E-state index contributed by atoms with van der Waals surface area (Å²) in [6.45, 7) is 3.43. The first-order valence-electron chi connectivity index (χ1n) is 12.7. The van der Waals surface area contributed by atoms with E-state index in [2.05, 4.69) is 16.6 Å². The van der Waals surface area contributed by atoms with E-state index in [1.54, 1.807) is 26.0 Å². The number of carbonyl (C=O) groups is 2. The molecule has 0 saturated heterocycles. The van der Waals surface area contributed by atoms with Gasteiger partial charge in [0.05, 0.1) is 5.60 Å². The Morgan fingerprint density at radius 2 is 1.58 bits per heavy atom. The van der Waals surface area contributed by atoms with Gasteiger partial charge < -0.3 is 20.2 Å². The Bertz CT molecular complexity index is 1430. The zero-order chi connectivity index (χ0) is 27.3. The third-order valence-corrected chi connectivity index (χ3v) is 7.67. The van der Waals surface area contributed by atoms with Crippen LogP contribution in [-0.2, 0) is 10.4 Å². The fourth-order valence-electron chi connectivity index (χ4n) is 4.89. The maximum absolute atomic E-state index is 14.0. The third kappa shape index (κ3) is 5.03. The summed E-state index contributed by atoms with van der Waals surface area (Å²) in [4.78, 5) is 26.5. The number of fused-ring (bicyclic) bond motifs is 1. The highest BCUT2D eigenvalue weighted by Gasteiger charge is 2.52. The van der Waals surface area contributed by atoms with Crippen LogP contribution < -0.4 is 10.6 Å². The molecule has 0 radical (unpaired) electrons. The van der Waals surface area contributed by atoms with Crippen LogP contribution in [0.25, 0.3) is 22.1 Å². The number of amides is 2. The summed E-state index contributed by atoms with van der Waals surface area (Å²) in [5.41, 5.74) is -0.203. The summed E-state index contributed by atoms with van der Waals surface area (Å²) in [7, 11) is 0. The molecule has 2 aromatic carbocycles. The van der Waals surface area contributed by atoms with E-state index in [0.29, 0.717) is 23.8 Å². The highest BCUT2D eigenvalue weighted by Crippen LogP contribution is 2.41. The molecule has 3 aromatic rings. The van der Waals surface area contributed by atoms with E-state index in [1.807, 2.05) is 36.4 Å². The summed E-state index contributed by atoms with van der Waals surface area (Å²) < 4.78 is 33.8. The second kappa shape index (κ2) is 8.95. The summed E-state index contributed by atoms with van der Waals surface area (Å²) >= 11 is 0. The Morgan fingerprint density at radius 3 is 2.16 bits per heavy atom. The summed E-state index contributed by atoms with van der Waals surface area (Å²) in [6, 6.07) is 14.6. The standard InChI is InChI=1S/C30H30F2N2O4/c1-4-28(11-12-28)34-26(36)29(13-15-30(31,32)16-14-29)33-25(35)24-18-21-6-5-20(17-23(21)38-24)19-7-9-22(10-8-19)27(2,3)37/h1,5-10,17-18,37H,11-16H2,2-3H3,(H,33,35)(H,34,36). The van der Waals surface area contributed by atoms with E-state index in [0.717, 1.165) is 16.7 Å². The van der Waals surface area contributed by atoms with Crippen molar-refractivity contribution in [1.29, 1.82) is 0 Å². The number of terminal acetylenes is 1. The van der Waals surface area contributed by atoms with Gasteiger partial charge in [0, 0.05) is 18.2 Å². The van der Waals surface area contributed by atoms with E-state index in [9.17, 15) is 23.5 Å². The summed E-state index contributed by atoms with van der Waals surface area (Å²) in [6.07, 6.45) is 5.34. The number of nitrogens with one attached hydrogen (secondary N) is 2. The molecule has 0 bridgehead atoms. The highest BCUT2D eigenvalue weighted by atomic mass is 19.3. The molecule has 3 N–H and O–H groups in total. The minimum Gasteiger partial charge on any atom is -0.451 e. The number of benzene rings is 2. The van der Waals surface area contributed by atoms with Crippen LogP contribution in [0.5, 0.6) is 0 Å². The summed E-state index contributed by atoms with van der Waals surface area (Å²) in [5.74, 6) is -1.53. The molecule has 1 aromatic heterocycles. The summed E-state index contributed by atoms with van der Waals surface area (Å²) in [5, 5.41) is 16.4. The molecule has 0 spiro atoms. The van der Waals surface area contributed by atoms with Crippen LogP contribution in [0, 0.1) is 12.3 Å². The lowest BCUT2D eigenvalue weighted by Gasteiger charge is -2.39. The molecule has 38 heavy (non-hydrogen) atoms. The lowest BCUT2D eigenvalue weighted by atomic mass is 9.78. The highest BCUT2D eigenvalue weighted by molar-refractivity contribution is 6.00. The van der Waals surface area contributed by atoms with Gasteiger partial charge in [0.15, 0.2) is 5.76 Å². The number of aliphatic hydroxyl groups is 1. The molecule has 0 unspecified atom stereocenters. The van der Waals surface area contributed by atoms with Gasteiger partial charge >= 0.3 is 0 Å². The monoisotopic (exact) mass is 520 g/mol. The third-order valence-electron chi connectivity index (χ3n) is 7.67. The Morgan fingerprint density at radius 1 is 0.947 bits per heavy atom. The van der Waals surface area contributed by atoms with Crippen molar-refractivity contribution in [2.75, 3.05) is 0 Å². The van der Waals surface area contributed by atoms with Crippen LogP contribution >= 0.6 is 0 Å².